The summed E-state index contributed by atoms with van der Waals surface area (Å²) in [6, 6.07) is 124. The van der Waals surface area contributed by atoms with Crippen LogP contribution in [0.1, 0.15) is 229 Å². The predicted octanol–water partition coefficient (Wildman–Crippen LogP) is 35.3. The van der Waals surface area contributed by atoms with Gasteiger partial charge in [-0.1, -0.05) is 314 Å². The molecule has 150 heavy (non-hydrogen) atoms. The molecule has 0 radical (unpaired) electrons. The van der Waals surface area contributed by atoms with Gasteiger partial charge in [0.15, 0.2) is 0 Å². The van der Waals surface area contributed by atoms with E-state index < -0.39 is 23.8 Å². The first-order valence-electron chi connectivity index (χ1n) is 53.9. The molecule has 2 aliphatic rings. The van der Waals surface area contributed by atoms with Gasteiger partial charge < -0.3 is 21.3 Å². The van der Waals surface area contributed by atoms with E-state index in [1.165, 1.54) is 163 Å². The fraction of sp³-hybridized carbons (Fsp3) is 0.313. The Balaban J connectivity index is 0.000000167. The summed E-state index contributed by atoms with van der Waals surface area (Å²) in [5.41, 5.74) is 34.2. The van der Waals surface area contributed by atoms with E-state index in [2.05, 4.69) is 525 Å². The van der Waals surface area contributed by atoms with Gasteiger partial charge in [-0.2, -0.15) is 0 Å². The number of aliphatic imine (C=N–C) groups is 8. The number of rotatable bonds is 30. The molecule has 0 aromatic heterocycles. The highest BCUT2D eigenvalue weighted by Gasteiger charge is 2.36. The van der Waals surface area contributed by atoms with Crippen LogP contribution in [0.4, 0.5) is 51.2 Å². The van der Waals surface area contributed by atoms with Crippen LogP contribution in [0.5, 0.6) is 0 Å². The van der Waals surface area contributed by atoms with Crippen molar-refractivity contribution in [3.8, 4) is 0 Å². The second-order valence-electron chi connectivity index (χ2n) is 42.8. The summed E-state index contributed by atoms with van der Waals surface area (Å²) in [5, 5.41) is 22.6. The maximum absolute atomic E-state index is 5.54. The fourth-order valence-electron chi connectivity index (χ4n) is 19.4. The fourth-order valence-corrected chi connectivity index (χ4v) is 30.0. The van der Waals surface area contributed by atoms with Crippen LogP contribution in [0.25, 0.3) is 0 Å². The highest BCUT2D eigenvalue weighted by Crippen LogP contribution is 2.58. The molecule has 0 bridgehead atoms. The largest absolute Gasteiger partial charge is 0.340 e. The molecular weight excluding hydrogens is 1900 g/mol. The molecule has 12 nitrogen and oxygen atoms in total. The number of para-hydroxylation sites is 1. The summed E-state index contributed by atoms with van der Waals surface area (Å²) in [6.45, 7) is 47.7. The first-order chi connectivity index (χ1) is 72.2. The smallest absolute Gasteiger partial charge is 0.133 e. The molecule has 2 saturated carbocycles. The summed E-state index contributed by atoms with van der Waals surface area (Å²) in [7, 11) is -2.84. The van der Waals surface area contributed by atoms with Crippen LogP contribution in [0.15, 0.2) is 392 Å². The van der Waals surface area contributed by atoms with Crippen molar-refractivity contribution in [1.82, 2.24) is 0 Å². The highest BCUT2D eigenvalue weighted by molar-refractivity contribution is 7.89. The number of hydrogen-bond donors (Lipinski definition) is 4. The molecule has 0 heterocycles. The van der Waals surface area contributed by atoms with Gasteiger partial charge in [-0.15, -0.1) is 0 Å². The molecule has 2 fully saturated rings. The number of nitrogens with one attached hydrogen (secondary N) is 4. The monoisotopic (exact) mass is 2060 g/mol. The predicted molar refractivity (Wildman–Crippen MR) is 667 cm³/mol. The Hall–Kier alpha value is -12.6. The Morgan fingerprint density at radius 2 is 0.500 bits per heavy atom. The van der Waals surface area contributed by atoms with Crippen molar-refractivity contribution in [3.05, 3.63) is 413 Å². The standard InChI is InChI=1S/C38H50N3P.2C33H36N3P.C30H38N3P/c1-27-14-12-15-28(2)36(27)26-31(5)39-32-22-24-33(25-23-32)40-38(41-37-29(3)16-13-17-30(37)4)42(34-18-8-6-9-19-34)35-20-10-7-11-21-35;2*1-24(2)34-33(37(30-15-8-6-9-16-30)31-17-10-7-11-18-31)36-29-21-19-28(20-22-29)35-27(5)23-32-25(3)13-12-14-26(32)4;1-23(22-29(2,3)4)31-24-18-20-25(21-19-24)32-28(33-30(5,6)7)34(26-14-10-8-11-15-26)27-16-12-9-13-17-27/h12-17,22-25,34-35H,6-11,18-21,26H2,1-5H3,(H,40,41);2*6-22,24H,23H2,1-5H3,(H,34,36);8-21H,22H2,1-7H3,(H,32,33). The Morgan fingerprint density at radius 1 is 0.267 bits per heavy atom. The zero-order valence-electron chi connectivity index (χ0n) is 93.1. The van der Waals surface area contributed by atoms with E-state index in [9.17, 15) is 0 Å². The zero-order chi connectivity index (χ0) is 107. The molecule has 0 amide bonds. The molecule has 0 aliphatic heterocycles. The Morgan fingerprint density at radius 3 is 0.747 bits per heavy atom. The summed E-state index contributed by atoms with van der Waals surface area (Å²) in [6.07, 6.45) is 17.3. The quantitative estimate of drug-likeness (QED) is 0.0202. The van der Waals surface area contributed by atoms with Crippen LogP contribution in [-0.4, -0.2) is 74.1 Å². The third-order valence-electron chi connectivity index (χ3n) is 26.6. The third kappa shape index (κ3) is 35.8. The molecule has 0 saturated heterocycles. The van der Waals surface area contributed by atoms with E-state index in [0.29, 0.717) is 0 Å². The highest BCUT2D eigenvalue weighted by atomic mass is 31.1. The molecule has 16 heteroatoms. The first kappa shape index (κ1) is 114. The van der Waals surface area contributed by atoms with Crippen molar-refractivity contribution in [2.45, 2.75) is 271 Å². The van der Waals surface area contributed by atoms with Gasteiger partial charge in [0, 0.05) is 101 Å². The lowest BCUT2D eigenvalue weighted by molar-refractivity contribution is 0.433. The van der Waals surface area contributed by atoms with Gasteiger partial charge in [0.05, 0.1) is 34.0 Å². The van der Waals surface area contributed by atoms with Gasteiger partial charge in [-0.05, 0) is 378 Å². The lowest BCUT2D eigenvalue weighted by Gasteiger charge is -2.39. The van der Waals surface area contributed by atoms with E-state index in [0.717, 1.165) is 128 Å². The van der Waals surface area contributed by atoms with Crippen molar-refractivity contribution in [2.24, 2.45) is 45.4 Å². The van der Waals surface area contributed by atoms with E-state index in [1.54, 1.807) is 0 Å². The Bertz CT molecular complexity index is 6440. The van der Waals surface area contributed by atoms with Crippen molar-refractivity contribution < 1.29 is 0 Å². The summed E-state index contributed by atoms with van der Waals surface area (Å²) in [4.78, 5) is 40.5. The van der Waals surface area contributed by atoms with Crippen LogP contribution in [0.3, 0.4) is 0 Å². The normalized spacial score (nSPS) is 14.0. The van der Waals surface area contributed by atoms with Crippen LogP contribution in [0.2, 0.25) is 0 Å². The first-order valence-corrected chi connectivity index (χ1v) is 59.4. The average Bonchev–Trinajstić information content (AvgIpc) is 0.807. The van der Waals surface area contributed by atoms with Crippen molar-refractivity contribution >= 4 is 160 Å². The Labute approximate surface area is 904 Å². The van der Waals surface area contributed by atoms with Crippen LogP contribution >= 0.6 is 31.7 Å². The molecule has 0 atom stereocenters. The van der Waals surface area contributed by atoms with Gasteiger partial charge >= 0.3 is 0 Å². The molecule has 4 N–H and O–H groups in total. The number of amidine groups is 4. The number of aryl methyl sites for hydroxylation is 8. The molecule has 2 aliphatic carbocycles. The van der Waals surface area contributed by atoms with E-state index in [-0.39, 0.29) is 31.0 Å². The molecule has 16 rings (SSSR count). The van der Waals surface area contributed by atoms with Crippen molar-refractivity contribution in [3.63, 3.8) is 0 Å². The maximum atomic E-state index is 5.54. The third-order valence-corrected chi connectivity index (χ3v) is 36.7. The van der Waals surface area contributed by atoms with Gasteiger partial charge in [-0.3, -0.25) is 34.9 Å². The number of anilines is 4. The topological polar surface area (TPSA) is 147 Å². The van der Waals surface area contributed by atoms with Gasteiger partial charge in [0.25, 0.3) is 0 Å². The SMILES string of the molecule is CC(CC(C)(C)C)=Nc1ccc(NC(=NC(C)(C)C)P(c2ccccc2)c2ccccc2)cc1.CC(Cc1c(C)cccc1C)=Nc1ccc(NC(=NC(C)C)P(c2ccccc2)c2ccccc2)cc1.CC(Cc1c(C)cccc1C)=Nc1ccc(NC(=NC(C)C)P(c2ccccc2)c2ccccc2)cc1.CC(Cc1c(C)cccc1C)=Nc1ccc(NC(=Nc2c(C)cccc2C)P(C2CCCCC2)C2CCCCC2)cc1. The van der Waals surface area contributed by atoms with Crippen LogP contribution < -0.4 is 53.1 Å². The van der Waals surface area contributed by atoms with Crippen LogP contribution in [0, 0.1) is 60.8 Å². The number of hydrogen-bond acceptors (Lipinski definition) is 8. The summed E-state index contributed by atoms with van der Waals surface area (Å²) in [5.74, 6) is 0. The average molecular weight is 2060 g/mol. The molecule has 0 unspecified atom stereocenters. The molecular formula is C134H160N12P4. The number of benzene rings is 14. The molecule has 776 valence electrons. The molecule has 14 aromatic rings. The second-order valence-corrected chi connectivity index (χ2v) is 51.9. The molecule has 0 spiro atoms. The lowest BCUT2D eigenvalue weighted by atomic mass is 9.90. The second kappa shape index (κ2) is 57.0. The minimum atomic E-state index is -0.828. The minimum Gasteiger partial charge on any atom is -0.340 e. The van der Waals surface area contributed by atoms with Gasteiger partial charge in [0.2, 0.25) is 0 Å². The minimum absolute atomic E-state index is 0.177. The molecule has 14 aromatic carbocycles. The van der Waals surface area contributed by atoms with E-state index >= 15 is 0 Å². The lowest BCUT2D eigenvalue weighted by Crippen LogP contribution is -2.27. The maximum Gasteiger partial charge on any atom is 0.133 e. The zero-order valence-corrected chi connectivity index (χ0v) is 96.6. The van der Waals surface area contributed by atoms with Crippen molar-refractivity contribution in [2.75, 3.05) is 21.3 Å². The van der Waals surface area contributed by atoms with E-state index in [1.807, 2.05) is 0 Å². The van der Waals surface area contributed by atoms with Gasteiger partial charge in [-0.25, -0.2) is 4.99 Å². The van der Waals surface area contributed by atoms with Gasteiger partial charge in [0.1, 0.15) is 22.3 Å². The summed E-state index contributed by atoms with van der Waals surface area (Å²) < 4.78 is 0. The van der Waals surface area contributed by atoms with Crippen LogP contribution in [-0.2, 0) is 19.3 Å². The van der Waals surface area contributed by atoms with Crippen molar-refractivity contribution in [1.29, 1.82) is 0 Å². The number of nitrogens with zero attached hydrogens (tertiary/aromatic N) is 8. The Kier molecular flexibility index (Phi) is 43.5. The summed E-state index contributed by atoms with van der Waals surface area (Å²) >= 11 is 0. The van der Waals surface area contributed by atoms with E-state index in [4.69, 9.17) is 39.9 Å².